The summed E-state index contributed by atoms with van der Waals surface area (Å²) in [6.07, 6.45) is 1.31. The second-order valence-corrected chi connectivity index (χ2v) is 5.29. The quantitative estimate of drug-likeness (QED) is 0.772. The molecule has 1 saturated carbocycles. The number of hydrogen-bond donors (Lipinski definition) is 0. The summed E-state index contributed by atoms with van der Waals surface area (Å²) in [7, 11) is 0. The van der Waals surface area contributed by atoms with E-state index in [1.807, 2.05) is 6.92 Å². The molecule has 1 aromatic rings. The predicted molar refractivity (Wildman–Crippen MR) is 65.8 cm³/mol. The van der Waals surface area contributed by atoms with E-state index in [1.165, 1.54) is 12.0 Å². The smallest absolute Gasteiger partial charge is 0.217 e. The zero-order chi connectivity index (χ0) is 11.7. The molecule has 0 saturated heterocycles. The second kappa shape index (κ2) is 4.44. The third-order valence-electron chi connectivity index (χ3n) is 3.36. The summed E-state index contributed by atoms with van der Waals surface area (Å²) >= 11 is 0. The molecular weight excluding hydrogens is 198 g/mol. The van der Waals surface area contributed by atoms with Gasteiger partial charge >= 0.3 is 0 Å². The Morgan fingerprint density at radius 1 is 1.44 bits per heavy atom. The van der Waals surface area contributed by atoms with Crippen LogP contribution in [0.5, 0.6) is 5.88 Å². The normalized spacial score (nSPS) is 23.6. The van der Waals surface area contributed by atoms with Gasteiger partial charge in [0.15, 0.2) is 0 Å². The molecular formula is C14H21NO. The van der Waals surface area contributed by atoms with Crippen molar-refractivity contribution in [2.75, 3.05) is 6.61 Å². The van der Waals surface area contributed by atoms with Gasteiger partial charge in [-0.1, -0.05) is 26.8 Å². The number of rotatable bonds is 4. The highest BCUT2D eigenvalue weighted by Crippen LogP contribution is 2.38. The Morgan fingerprint density at radius 2 is 2.12 bits per heavy atom. The average molecular weight is 219 g/mol. The lowest BCUT2D eigenvalue weighted by molar-refractivity contribution is 0.278. The molecule has 0 bridgehead atoms. The first-order chi connectivity index (χ1) is 7.58. The molecule has 1 aliphatic carbocycles. The van der Waals surface area contributed by atoms with Crippen molar-refractivity contribution >= 4 is 0 Å². The summed E-state index contributed by atoms with van der Waals surface area (Å²) in [5.41, 5.74) is 2.25. The van der Waals surface area contributed by atoms with Crippen LogP contribution in [0.3, 0.4) is 0 Å². The maximum atomic E-state index is 5.86. The maximum Gasteiger partial charge on any atom is 0.217 e. The van der Waals surface area contributed by atoms with Crippen LogP contribution in [0.1, 0.15) is 44.4 Å². The summed E-state index contributed by atoms with van der Waals surface area (Å²) < 4.78 is 5.86. The SMILES string of the molecule is Cc1ccc(C(C)C)c(OCC2CC2C)n1. The molecule has 2 unspecified atom stereocenters. The van der Waals surface area contributed by atoms with E-state index < -0.39 is 0 Å². The van der Waals surface area contributed by atoms with Gasteiger partial charge in [0, 0.05) is 11.3 Å². The van der Waals surface area contributed by atoms with E-state index in [0.29, 0.717) is 5.92 Å². The molecule has 0 aromatic carbocycles. The lowest BCUT2D eigenvalue weighted by Crippen LogP contribution is -2.06. The van der Waals surface area contributed by atoms with Gasteiger partial charge in [-0.15, -0.1) is 0 Å². The number of hydrogen-bond acceptors (Lipinski definition) is 2. The second-order valence-electron chi connectivity index (χ2n) is 5.29. The molecule has 0 N–H and O–H groups in total. The van der Waals surface area contributed by atoms with Crippen molar-refractivity contribution in [3.05, 3.63) is 23.4 Å². The molecule has 0 spiro atoms. The van der Waals surface area contributed by atoms with Crippen molar-refractivity contribution in [2.24, 2.45) is 11.8 Å². The van der Waals surface area contributed by atoms with Crippen LogP contribution in [0.25, 0.3) is 0 Å². The highest BCUT2D eigenvalue weighted by molar-refractivity contribution is 5.30. The Morgan fingerprint density at radius 3 is 2.69 bits per heavy atom. The lowest BCUT2D eigenvalue weighted by Gasteiger charge is -2.13. The van der Waals surface area contributed by atoms with Crippen LogP contribution in [0.15, 0.2) is 12.1 Å². The third-order valence-corrected chi connectivity index (χ3v) is 3.36. The van der Waals surface area contributed by atoms with E-state index in [-0.39, 0.29) is 0 Å². The fourth-order valence-corrected chi connectivity index (χ4v) is 1.92. The van der Waals surface area contributed by atoms with E-state index in [2.05, 4.69) is 37.9 Å². The molecule has 2 rings (SSSR count). The van der Waals surface area contributed by atoms with Crippen LogP contribution in [0.4, 0.5) is 0 Å². The summed E-state index contributed by atoms with van der Waals surface area (Å²) in [6.45, 7) is 9.48. The van der Waals surface area contributed by atoms with Crippen molar-refractivity contribution in [3.63, 3.8) is 0 Å². The van der Waals surface area contributed by atoms with Crippen LogP contribution < -0.4 is 4.74 Å². The van der Waals surface area contributed by atoms with Gasteiger partial charge in [0.25, 0.3) is 0 Å². The van der Waals surface area contributed by atoms with Gasteiger partial charge < -0.3 is 4.74 Å². The maximum absolute atomic E-state index is 5.86. The number of nitrogens with zero attached hydrogens (tertiary/aromatic N) is 1. The van der Waals surface area contributed by atoms with Gasteiger partial charge in [0.05, 0.1) is 6.61 Å². The average Bonchev–Trinajstić information content (AvgIpc) is 2.91. The van der Waals surface area contributed by atoms with Crippen molar-refractivity contribution in [1.82, 2.24) is 4.98 Å². The number of pyridine rings is 1. The van der Waals surface area contributed by atoms with Gasteiger partial charge in [-0.25, -0.2) is 4.98 Å². The van der Waals surface area contributed by atoms with E-state index in [1.54, 1.807) is 0 Å². The minimum absolute atomic E-state index is 0.472. The summed E-state index contributed by atoms with van der Waals surface area (Å²) in [5, 5.41) is 0. The number of ether oxygens (including phenoxy) is 1. The molecule has 1 fully saturated rings. The van der Waals surface area contributed by atoms with Crippen LogP contribution >= 0.6 is 0 Å². The topological polar surface area (TPSA) is 22.1 Å². The van der Waals surface area contributed by atoms with E-state index >= 15 is 0 Å². The fourth-order valence-electron chi connectivity index (χ4n) is 1.92. The molecule has 1 aromatic heterocycles. The third kappa shape index (κ3) is 2.55. The van der Waals surface area contributed by atoms with Crippen LogP contribution in [0.2, 0.25) is 0 Å². The summed E-state index contributed by atoms with van der Waals surface area (Å²) in [5.74, 6) is 2.91. The summed E-state index contributed by atoms with van der Waals surface area (Å²) in [6, 6.07) is 4.20. The largest absolute Gasteiger partial charge is 0.477 e. The minimum atomic E-state index is 0.472. The first-order valence-corrected chi connectivity index (χ1v) is 6.18. The van der Waals surface area contributed by atoms with Gasteiger partial charge in [-0.3, -0.25) is 0 Å². The standard InChI is InChI=1S/C14H21NO/c1-9(2)13-6-5-11(4)15-14(13)16-8-12-7-10(12)3/h5-6,9-10,12H,7-8H2,1-4H3. The van der Waals surface area contributed by atoms with Gasteiger partial charge in [0.2, 0.25) is 5.88 Å². The van der Waals surface area contributed by atoms with Crippen molar-refractivity contribution in [2.45, 2.75) is 40.0 Å². The van der Waals surface area contributed by atoms with Crippen molar-refractivity contribution < 1.29 is 4.74 Å². The molecule has 88 valence electrons. The summed E-state index contributed by atoms with van der Waals surface area (Å²) in [4.78, 5) is 4.50. The van der Waals surface area contributed by atoms with Crippen LogP contribution in [-0.2, 0) is 0 Å². The number of aryl methyl sites for hydroxylation is 1. The Balaban J connectivity index is 2.07. The zero-order valence-electron chi connectivity index (χ0n) is 10.7. The van der Waals surface area contributed by atoms with Gasteiger partial charge in [0.1, 0.15) is 0 Å². The van der Waals surface area contributed by atoms with E-state index in [9.17, 15) is 0 Å². The Kier molecular flexibility index (Phi) is 3.17. The molecule has 0 aliphatic heterocycles. The Labute approximate surface area is 98.0 Å². The zero-order valence-corrected chi connectivity index (χ0v) is 10.7. The molecule has 2 atom stereocenters. The molecule has 2 nitrogen and oxygen atoms in total. The van der Waals surface area contributed by atoms with Crippen LogP contribution in [-0.4, -0.2) is 11.6 Å². The van der Waals surface area contributed by atoms with Gasteiger partial charge in [-0.05, 0) is 37.2 Å². The van der Waals surface area contributed by atoms with Gasteiger partial charge in [-0.2, -0.15) is 0 Å². The highest BCUT2D eigenvalue weighted by Gasteiger charge is 2.33. The lowest BCUT2D eigenvalue weighted by atomic mass is 10.0. The predicted octanol–water partition coefficient (Wildman–Crippen LogP) is 3.55. The molecule has 1 aliphatic rings. The Hall–Kier alpha value is -1.05. The molecule has 0 amide bonds. The van der Waals surface area contributed by atoms with Crippen molar-refractivity contribution in [1.29, 1.82) is 0 Å². The van der Waals surface area contributed by atoms with Crippen LogP contribution in [0, 0.1) is 18.8 Å². The monoisotopic (exact) mass is 219 g/mol. The first-order valence-electron chi connectivity index (χ1n) is 6.18. The molecule has 2 heteroatoms. The minimum Gasteiger partial charge on any atom is -0.477 e. The molecule has 0 radical (unpaired) electrons. The van der Waals surface area contributed by atoms with E-state index in [0.717, 1.165) is 30.0 Å². The highest BCUT2D eigenvalue weighted by atomic mass is 16.5. The fraction of sp³-hybridized carbons (Fsp3) is 0.643. The molecule has 16 heavy (non-hydrogen) atoms. The van der Waals surface area contributed by atoms with Crippen molar-refractivity contribution in [3.8, 4) is 5.88 Å². The number of aromatic nitrogens is 1. The first kappa shape index (κ1) is 11.4. The molecule has 1 heterocycles. The van der Waals surface area contributed by atoms with E-state index in [4.69, 9.17) is 4.74 Å². The Bertz CT molecular complexity index is 373.